The van der Waals surface area contributed by atoms with Gasteiger partial charge in [0.15, 0.2) is 0 Å². The molecule has 4 nitrogen and oxygen atoms in total. The Bertz CT molecular complexity index is 472. The summed E-state index contributed by atoms with van der Waals surface area (Å²) in [4.78, 5) is 22.9. The van der Waals surface area contributed by atoms with Gasteiger partial charge in [-0.2, -0.15) is 0 Å². The minimum Gasteiger partial charge on any atom is -0.478 e. The van der Waals surface area contributed by atoms with Crippen LogP contribution in [0.5, 0.6) is 0 Å². The molecular weight excluding hydrogens is 230 g/mol. The third kappa shape index (κ3) is 2.37. The molecule has 0 saturated heterocycles. The molecule has 0 spiro atoms. The molecule has 4 heteroatoms. The van der Waals surface area contributed by atoms with E-state index in [4.69, 9.17) is 5.11 Å². The molecule has 1 saturated carbocycles. The number of carbonyl (C=O) groups is 2. The van der Waals surface area contributed by atoms with E-state index >= 15 is 0 Å². The molecule has 96 valence electrons. The monoisotopic (exact) mass is 247 g/mol. The van der Waals surface area contributed by atoms with Crippen molar-refractivity contribution in [2.75, 3.05) is 0 Å². The summed E-state index contributed by atoms with van der Waals surface area (Å²) in [6, 6.07) is 6.14. The molecule has 1 fully saturated rings. The molecule has 0 atom stereocenters. The van der Waals surface area contributed by atoms with Gasteiger partial charge < -0.3 is 10.4 Å². The van der Waals surface area contributed by atoms with Gasteiger partial charge in [0, 0.05) is 11.1 Å². The van der Waals surface area contributed by atoms with Crippen LogP contribution < -0.4 is 5.32 Å². The maximum Gasteiger partial charge on any atom is 0.335 e. The molecule has 0 unspecified atom stereocenters. The van der Waals surface area contributed by atoms with Crippen molar-refractivity contribution in [3.63, 3.8) is 0 Å². The van der Waals surface area contributed by atoms with Gasteiger partial charge in [-0.15, -0.1) is 0 Å². The van der Waals surface area contributed by atoms with Gasteiger partial charge in [-0.25, -0.2) is 4.79 Å². The number of carbonyl (C=O) groups excluding carboxylic acids is 1. The topological polar surface area (TPSA) is 66.4 Å². The first kappa shape index (κ1) is 12.6. The van der Waals surface area contributed by atoms with E-state index in [1.54, 1.807) is 12.1 Å². The van der Waals surface area contributed by atoms with E-state index in [1.165, 1.54) is 12.1 Å². The summed E-state index contributed by atoms with van der Waals surface area (Å²) in [5.41, 5.74) is 0.479. The number of hydrogen-bond donors (Lipinski definition) is 2. The highest BCUT2D eigenvalue weighted by Crippen LogP contribution is 2.34. The maximum absolute atomic E-state index is 12.1. The van der Waals surface area contributed by atoms with E-state index in [2.05, 4.69) is 12.2 Å². The van der Waals surface area contributed by atoms with Crippen LogP contribution in [0.3, 0.4) is 0 Å². The van der Waals surface area contributed by atoms with Gasteiger partial charge in [-0.3, -0.25) is 4.79 Å². The first-order valence-corrected chi connectivity index (χ1v) is 6.22. The molecule has 2 rings (SSSR count). The van der Waals surface area contributed by atoms with Crippen molar-refractivity contribution in [3.05, 3.63) is 35.4 Å². The number of carboxylic acids is 1. The van der Waals surface area contributed by atoms with Gasteiger partial charge in [0.2, 0.25) is 0 Å². The Kier molecular flexibility index (Phi) is 3.36. The molecule has 1 aromatic carbocycles. The third-order valence-electron chi connectivity index (χ3n) is 3.74. The molecule has 0 heterocycles. The van der Waals surface area contributed by atoms with Crippen molar-refractivity contribution in [1.82, 2.24) is 5.32 Å². The first-order chi connectivity index (χ1) is 8.56. The average Bonchev–Trinajstić information content (AvgIpc) is 2.33. The molecule has 18 heavy (non-hydrogen) atoms. The zero-order valence-corrected chi connectivity index (χ0v) is 10.4. The first-order valence-electron chi connectivity index (χ1n) is 6.22. The van der Waals surface area contributed by atoms with Crippen LogP contribution in [-0.4, -0.2) is 22.5 Å². The second-order valence-corrected chi connectivity index (χ2v) is 4.83. The van der Waals surface area contributed by atoms with Crippen molar-refractivity contribution in [1.29, 1.82) is 0 Å². The highest BCUT2D eigenvalue weighted by Gasteiger charge is 2.36. The minimum atomic E-state index is -1.02. The van der Waals surface area contributed by atoms with Crippen LogP contribution in [0.15, 0.2) is 24.3 Å². The number of amides is 1. The number of carboxylic acid groups (broad SMARTS) is 1. The van der Waals surface area contributed by atoms with Crippen molar-refractivity contribution >= 4 is 11.9 Å². The van der Waals surface area contributed by atoms with Gasteiger partial charge in [0.25, 0.3) is 5.91 Å². The Morgan fingerprint density at radius 1 is 1.33 bits per heavy atom. The van der Waals surface area contributed by atoms with Gasteiger partial charge in [0.1, 0.15) is 0 Å². The van der Waals surface area contributed by atoms with Crippen molar-refractivity contribution < 1.29 is 14.7 Å². The van der Waals surface area contributed by atoms with E-state index in [-0.39, 0.29) is 17.0 Å². The van der Waals surface area contributed by atoms with Gasteiger partial charge in [0.05, 0.1) is 5.56 Å². The van der Waals surface area contributed by atoms with Gasteiger partial charge in [-0.1, -0.05) is 13.0 Å². The van der Waals surface area contributed by atoms with Crippen molar-refractivity contribution in [2.24, 2.45) is 0 Å². The fraction of sp³-hybridized carbons (Fsp3) is 0.429. The Morgan fingerprint density at radius 3 is 2.50 bits per heavy atom. The SMILES string of the molecule is CCC1(NC(=O)c2cccc(C(=O)O)c2)CCC1. The van der Waals surface area contributed by atoms with E-state index in [0.29, 0.717) is 5.56 Å². The van der Waals surface area contributed by atoms with Crippen LogP contribution >= 0.6 is 0 Å². The summed E-state index contributed by atoms with van der Waals surface area (Å²) in [6.45, 7) is 2.06. The maximum atomic E-state index is 12.1. The number of rotatable bonds is 4. The molecule has 1 aliphatic rings. The summed E-state index contributed by atoms with van der Waals surface area (Å²) in [5.74, 6) is -1.20. The van der Waals surface area contributed by atoms with Gasteiger partial charge >= 0.3 is 5.97 Å². The lowest BCUT2D eigenvalue weighted by molar-refractivity contribution is 0.0697. The van der Waals surface area contributed by atoms with Crippen LogP contribution in [-0.2, 0) is 0 Å². The fourth-order valence-electron chi connectivity index (χ4n) is 2.28. The lowest BCUT2D eigenvalue weighted by Crippen LogP contribution is -2.52. The average molecular weight is 247 g/mol. The molecular formula is C14H17NO3. The number of hydrogen-bond acceptors (Lipinski definition) is 2. The third-order valence-corrected chi connectivity index (χ3v) is 3.74. The Labute approximate surface area is 106 Å². The molecule has 0 aromatic heterocycles. The molecule has 0 aliphatic heterocycles. The Balaban J connectivity index is 2.13. The highest BCUT2D eigenvalue weighted by molar-refractivity contribution is 5.97. The summed E-state index contributed by atoms with van der Waals surface area (Å²) in [6.07, 6.45) is 4.07. The molecule has 0 radical (unpaired) electrons. The predicted molar refractivity (Wildman–Crippen MR) is 67.7 cm³/mol. The normalized spacial score (nSPS) is 16.7. The zero-order valence-electron chi connectivity index (χ0n) is 10.4. The zero-order chi connectivity index (χ0) is 13.2. The number of aromatic carboxylic acids is 1. The molecule has 1 aromatic rings. The molecule has 1 aliphatic carbocycles. The molecule has 2 N–H and O–H groups in total. The van der Waals surface area contributed by atoms with Crippen molar-refractivity contribution in [3.8, 4) is 0 Å². The number of nitrogens with one attached hydrogen (secondary N) is 1. The van der Waals surface area contributed by atoms with E-state index in [1.807, 2.05) is 0 Å². The quantitative estimate of drug-likeness (QED) is 0.858. The second kappa shape index (κ2) is 4.80. The predicted octanol–water partition coefficient (Wildman–Crippen LogP) is 2.45. The fourth-order valence-corrected chi connectivity index (χ4v) is 2.28. The lowest BCUT2D eigenvalue weighted by atomic mass is 9.74. The summed E-state index contributed by atoms with van der Waals surface area (Å²) in [5, 5.41) is 11.9. The van der Waals surface area contributed by atoms with Crippen LogP contribution in [0.1, 0.15) is 53.3 Å². The lowest BCUT2D eigenvalue weighted by Gasteiger charge is -2.42. The summed E-state index contributed by atoms with van der Waals surface area (Å²) >= 11 is 0. The van der Waals surface area contributed by atoms with Crippen LogP contribution in [0.25, 0.3) is 0 Å². The standard InChI is InChI=1S/C14H17NO3/c1-2-14(7-4-8-14)15-12(16)10-5-3-6-11(9-10)13(17)18/h3,5-6,9H,2,4,7-8H2,1H3,(H,15,16)(H,17,18). The Morgan fingerprint density at radius 2 is 2.00 bits per heavy atom. The second-order valence-electron chi connectivity index (χ2n) is 4.83. The minimum absolute atomic E-state index is 0.0731. The van der Waals surface area contributed by atoms with E-state index in [9.17, 15) is 9.59 Å². The van der Waals surface area contributed by atoms with Crippen molar-refractivity contribution in [2.45, 2.75) is 38.1 Å². The smallest absolute Gasteiger partial charge is 0.335 e. The summed E-state index contributed by atoms with van der Waals surface area (Å²) < 4.78 is 0. The highest BCUT2D eigenvalue weighted by atomic mass is 16.4. The Hall–Kier alpha value is -1.84. The molecule has 1 amide bonds. The number of benzene rings is 1. The summed E-state index contributed by atoms with van der Waals surface area (Å²) in [7, 11) is 0. The van der Waals surface area contributed by atoms with Crippen LogP contribution in [0.2, 0.25) is 0 Å². The van der Waals surface area contributed by atoms with Crippen LogP contribution in [0, 0.1) is 0 Å². The largest absolute Gasteiger partial charge is 0.478 e. The molecule has 0 bridgehead atoms. The van der Waals surface area contributed by atoms with E-state index < -0.39 is 5.97 Å². The van der Waals surface area contributed by atoms with Gasteiger partial charge in [-0.05, 0) is 43.9 Å². The van der Waals surface area contributed by atoms with Crippen LogP contribution in [0.4, 0.5) is 0 Å². The van der Waals surface area contributed by atoms with E-state index in [0.717, 1.165) is 25.7 Å².